The first-order chi connectivity index (χ1) is 18.2. The van der Waals surface area contributed by atoms with Crippen LogP contribution in [0.4, 0.5) is 8.63 Å². The van der Waals surface area contributed by atoms with E-state index in [0.717, 1.165) is 43.5 Å². The standard InChI is InChI=1S/C31H26BF2N2O2/c1-19-14-21(3)35(5)29(19)27(30-20(2)15-22(4)36(30)32(33)34)13-12-25-17-26-16-23-10-8-6-7-9-11-24(23)18-28(26)38-31(25)37/h6-8,10,12-18H,1-5H3/q+1/b7-6-,8-6?,10-8-,13-12+,23-10?. The maximum Gasteiger partial charge on any atom is 0.934 e. The minimum atomic E-state index is -2.71. The van der Waals surface area contributed by atoms with E-state index in [-0.39, 0.29) is 0 Å². The highest BCUT2D eigenvalue weighted by molar-refractivity contribution is 6.35. The van der Waals surface area contributed by atoms with Crippen LogP contribution < -0.4 is 5.63 Å². The fraction of sp³-hybridized carbons (Fsp3) is 0.161. The van der Waals surface area contributed by atoms with E-state index in [4.69, 9.17) is 4.42 Å². The minimum absolute atomic E-state index is 0.323. The molecule has 0 spiro atoms. The molecule has 0 unspecified atom stereocenters. The molecule has 2 aromatic heterocycles. The number of nitrogens with zero attached hydrogens (tertiary/aromatic N) is 2. The van der Waals surface area contributed by atoms with Gasteiger partial charge in [0.05, 0.1) is 16.8 Å². The fourth-order valence-electron chi connectivity index (χ4n) is 5.11. The summed E-state index contributed by atoms with van der Waals surface area (Å²) in [5, 5.41) is 0.745. The number of allylic oxidation sites excluding steroid dienone is 7. The molecule has 0 fully saturated rings. The van der Waals surface area contributed by atoms with Gasteiger partial charge >= 0.3 is 13.0 Å². The normalized spacial score (nSPS) is 17.6. The van der Waals surface area contributed by atoms with Crippen molar-refractivity contribution in [3.8, 4) is 11.8 Å². The summed E-state index contributed by atoms with van der Waals surface area (Å²) in [6, 6.07) is 7.48. The highest BCUT2D eigenvalue weighted by Crippen LogP contribution is 2.33. The number of hydrogen-bond donors (Lipinski definition) is 0. The molecule has 0 radical (unpaired) electrons. The topological polar surface area (TPSA) is 38.1 Å². The van der Waals surface area contributed by atoms with Gasteiger partial charge in [0, 0.05) is 42.3 Å². The average molecular weight is 507 g/mol. The summed E-state index contributed by atoms with van der Waals surface area (Å²) >= 11 is 0. The first-order valence-corrected chi connectivity index (χ1v) is 12.3. The van der Waals surface area contributed by atoms with Crippen molar-refractivity contribution in [2.45, 2.75) is 27.7 Å². The molecule has 0 amide bonds. The molecule has 38 heavy (non-hydrogen) atoms. The zero-order valence-electron chi connectivity index (χ0n) is 21.9. The van der Waals surface area contributed by atoms with E-state index in [9.17, 15) is 13.4 Å². The van der Waals surface area contributed by atoms with Crippen LogP contribution >= 0.6 is 0 Å². The quantitative estimate of drug-likeness (QED) is 0.231. The van der Waals surface area contributed by atoms with E-state index in [0.29, 0.717) is 28.1 Å². The van der Waals surface area contributed by atoms with Gasteiger partial charge in [-0.3, -0.25) is 0 Å². The molecule has 3 aromatic rings. The molecule has 3 heterocycles. The molecular weight excluding hydrogens is 481 g/mol. The Morgan fingerprint density at radius 2 is 1.89 bits per heavy atom. The van der Waals surface area contributed by atoms with Crippen LogP contribution in [0.25, 0.3) is 28.7 Å². The molecule has 1 aliphatic carbocycles. The van der Waals surface area contributed by atoms with E-state index in [1.165, 1.54) is 0 Å². The molecule has 4 nitrogen and oxygen atoms in total. The van der Waals surface area contributed by atoms with Crippen molar-refractivity contribution in [3.63, 3.8) is 0 Å². The smallest absolute Gasteiger partial charge is 0.422 e. The van der Waals surface area contributed by atoms with Crippen LogP contribution in [-0.2, 0) is 7.05 Å². The molecule has 7 heteroatoms. The van der Waals surface area contributed by atoms with Crippen LogP contribution in [0.3, 0.4) is 0 Å². The number of fused-ring (bicyclic) bond motifs is 2. The van der Waals surface area contributed by atoms with E-state index < -0.39 is 13.0 Å². The summed E-state index contributed by atoms with van der Waals surface area (Å²) in [7, 11) is -0.798. The van der Waals surface area contributed by atoms with Crippen LogP contribution in [0.15, 0.2) is 75.1 Å². The molecule has 0 saturated carbocycles. The van der Waals surface area contributed by atoms with Gasteiger partial charge in [-0.25, -0.2) is 17.9 Å². The third kappa shape index (κ3) is 4.43. The Kier molecular flexibility index (Phi) is 6.50. The van der Waals surface area contributed by atoms with Gasteiger partial charge in [0.15, 0.2) is 11.4 Å². The lowest BCUT2D eigenvalue weighted by Gasteiger charge is -2.12. The monoisotopic (exact) mass is 507 g/mol. The zero-order valence-corrected chi connectivity index (χ0v) is 21.9. The molecule has 188 valence electrons. The van der Waals surface area contributed by atoms with E-state index in [1.54, 1.807) is 43.4 Å². The summed E-state index contributed by atoms with van der Waals surface area (Å²) in [6.07, 6.45) is 12.6. The van der Waals surface area contributed by atoms with Gasteiger partial charge in [0.2, 0.25) is 0 Å². The van der Waals surface area contributed by atoms with E-state index in [2.05, 4.69) is 11.8 Å². The summed E-state index contributed by atoms with van der Waals surface area (Å²) < 4.78 is 37.1. The molecule has 0 bridgehead atoms. The Morgan fingerprint density at radius 1 is 1.11 bits per heavy atom. The highest BCUT2D eigenvalue weighted by atomic mass is 19.2. The third-order valence-electron chi connectivity index (χ3n) is 6.92. The second kappa shape index (κ2) is 9.79. The van der Waals surface area contributed by atoms with Crippen molar-refractivity contribution in [2.24, 2.45) is 7.05 Å². The van der Waals surface area contributed by atoms with Gasteiger partial charge in [-0.1, -0.05) is 30.1 Å². The van der Waals surface area contributed by atoms with Gasteiger partial charge in [-0.05, 0) is 74.4 Å². The highest BCUT2D eigenvalue weighted by Gasteiger charge is 2.44. The second-order valence-corrected chi connectivity index (χ2v) is 9.54. The molecule has 1 aromatic carbocycles. The Morgan fingerprint density at radius 3 is 2.61 bits per heavy atom. The fourth-order valence-corrected chi connectivity index (χ4v) is 5.11. The van der Waals surface area contributed by atoms with Crippen molar-refractivity contribution in [2.75, 3.05) is 0 Å². The van der Waals surface area contributed by atoms with Crippen molar-refractivity contribution in [3.05, 3.63) is 110 Å². The molecule has 0 saturated heterocycles. The number of hydrogen-bond acceptors (Lipinski definition) is 2. The zero-order chi connectivity index (χ0) is 27.1. The molecule has 0 atom stereocenters. The molecule has 0 N–H and O–H groups in total. The predicted molar refractivity (Wildman–Crippen MR) is 151 cm³/mol. The van der Waals surface area contributed by atoms with Crippen LogP contribution in [0.2, 0.25) is 0 Å². The first kappa shape index (κ1) is 25.2. The number of halogens is 2. The number of aromatic nitrogens is 1. The summed E-state index contributed by atoms with van der Waals surface area (Å²) in [5.74, 6) is 6.02. The van der Waals surface area contributed by atoms with Crippen LogP contribution in [0.1, 0.15) is 47.5 Å². The predicted octanol–water partition coefficient (Wildman–Crippen LogP) is 6.46. The summed E-state index contributed by atoms with van der Waals surface area (Å²) in [4.78, 5) is 13.0. The number of benzene rings is 1. The van der Waals surface area contributed by atoms with Crippen molar-refractivity contribution < 1.29 is 17.5 Å². The van der Waals surface area contributed by atoms with Gasteiger partial charge in [0.25, 0.3) is 0 Å². The number of aryl methyl sites for hydroxylation is 2. The van der Waals surface area contributed by atoms with Gasteiger partial charge < -0.3 is 8.98 Å². The van der Waals surface area contributed by atoms with Crippen molar-refractivity contribution >= 4 is 41.8 Å². The lowest BCUT2D eigenvalue weighted by Crippen LogP contribution is -2.25. The lowest BCUT2D eigenvalue weighted by atomic mass is 9.99. The minimum Gasteiger partial charge on any atom is -0.422 e. The van der Waals surface area contributed by atoms with Gasteiger partial charge in [-0.15, -0.1) is 0 Å². The second-order valence-electron chi connectivity index (χ2n) is 9.54. The average Bonchev–Trinajstić information content (AvgIpc) is 3.28. The maximum atomic E-state index is 14.2. The largest absolute Gasteiger partial charge is 0.934 e. The maximum absolute atomic E-state index is 14.2. The number of rotatable bonds is 4. The SMILES string of the molecule is CC1=CC(C)=[N+](B(F)F)/C1=C(/C=C/c1cc2cc3c(cc2oc1=O)C#C/C=C\C=C/3)c1c(C)cc(C)n1C. The summed E-state index contributed by atoms with van der Waals surface area (Å²) in [5.41, 5.74) is 6.92. The van der Waals surface area contributed by atoms with Crippen LogP contribution in [-0.4, -0.2) is 22.2 Å². The molecule has 1 aliphatic heterocycles. The van der Waals surface area contributed by atoms with Gasteiger partial charge in [-0.2, -0.15) is 0 Å². The molecule has 2 aliphatic rings. The first-order valence-electron chi connectivity index (χ1n) is 12.3. The van der Waals surface area contributed by atoms with E-state index in [1.807, 2.05) is 62.7 Å². The van der Waals surface area contributed by atoms with E-state index >= 15 is 0 Å². The van der Waals surface area contributed by atoms with Gasteiger partial charge in [0.1, 0.15) is 5.58 Å². The van der Waals surface area contributed by atoms with Crippen LogP contribution in [0, 0.1) is 25.7 Å². The van der Waals surface area contributed by atoms with Crippen LogP contribution in [0.5, 0.6) is 0 Å². The summed E-state index contributed by atoms with van der Waals surface area (Å²) in [6.45, 7) is 7.42. The third-order valence-corrected chi connectivity index (χ3v) is 6.92. The Hall–Kier alpha value is -4.44. The van der Waals surface area contributed by atoms with Crippen molar-refractivity contribution in [1.82, 2.24) is 4.57 Å². The van der Waals surface area contributed by atoms with Crippen molar-refractivity contribution in [1.29, 1.82) is 0 Å². The molecule has 5 rings (SSSR count). The molecular formula is C31H26BF2N2O2+. The Balaban J connectivity index is 1.70. The lowest BCUT2D eigenvalue weighted by molar-refractivity contribution is -0.343. The Bertz CT molecular complexity index is 1820. The Labute approximate surface area is 220 Å².